The van der Waals surface area contributed by atoms with Crippen molar-refractivity contribution in [3.8, 4) is 17.2 Å². The summed E-state index contributed by atoms with van der Waals surface area (Å²) in [6.07, 6.45) is 1.73. The molecule has 0 radical (unpaired) electrons. The molecule has 148 valence electrons. The zero-order valence-electron chi connectivity index (χ0n) is 16.2. The Bertz CT molecular complexity index is 1260. The topological polar surface area (TPSA) is 84.1 Å². The fraction of sp³-hybridized carbons (Fsp3) is 0.200. The molecule has 0 aliphatic heterocycles. The van der Waals surface area contributed by atoms with Crippen molar-refractivity contribution >= 4 is 23.5 Å². The van der Waals surface area contributed by atoms with Gasteiger partial charge in [-0.05, 0) is 24.6 Å². The molecule has 0 aliphatic rings. The largest absolute Gasteiger partial charge is 0.493 e. The molecule has 0 aliphatic carbocycles. The molecule has 2 heterocycles. The van der Waals surface area contributed by atoms with Crippen LogP contribution in [-0.4, -0.2) is 38.8 Å². The summed E-state index contributed by atoms with van der Waals surface area (Å²) in [5.74, 6) is 1.57. The molecule has 29 heavy (non-hydrogen) atoms. The van der Waals surface area contributed by atoms with Gasteiger partial charge in [-0.2, -0.15) is 0 Å². The van der Waals surface area contributed by atoms with Gasteiger partial charge in [0.1, 0.15) is 10.9 Å². The molecule has 0 N–H and O–H groups in total. The maximum absolute atomic E-state index is 13.4. The van der Waals surface area contributed by atoms with Crippen LogP contribution in [0.1, 0.15) is 11.4 Å². The van der Waals surface area contributed by atoms with Gasteiger partial charge in [0.2, 0.25) is 0 Å². The van der Waals surface area contributed by atoms with Crippen LogP contribution < -0.4 is 15.0 Å². The molecule has 2 aromatic heterocycles. The lowest BCUT2D eigenvalue weighted by atomic mass is 10.1. The second-order valence-corrected chi connectivity index (χ2v) is 6.89. The molecule has 4 aromatic rings. The second-order valence-electron chi connectivity index (χ2n) is 6.43. The van der Waals surface area contributed by atoms with Crippen molar-refractivity contribution in [1.82, 2.24) is 24.5 Å². The summed E-state index contributed by atoms with van der Waals surface area (Å²) in [6, 6.07) is 11.0. The van der Waals surface area contributed by atoms with E-state index in [1.54, 1.807) is 41.6 Å². The lowest BCUT2D eigenvalue weighted by Gasteiger charge is -2.16. The van der Waals surface area contributed by atoms with E-state index < -0.39 is 0 Å². The smallest absolute Gasteiger partial charge is 0.266 e. The van der Waals surface area contributed by atoms with Crippen molar-refractivity contribution in [2.24, 2.45) is 0 Å². The number of methoxy groups -OCH3 is 2. The Morgan fingerprint density at radius 3 is 2.52 bits per heavy atom. The molecule has 4 rings (SSSR count). The molecule has 0 saturated carbocycles. The summed E-state index contributed by atoms with van der Waals surface area (Å²) >= 11 is 4.19. The van der Waals surface area contributed by atoms with Crippen molar-refractivity contribution in [2.45, 2.75) is 18.5 Å². The predicted molar refractivity (Wildman–Crippen MR) is 112 cm³/mol. The zero-order valence-corrected chi connectivity index (χ0v) is 17.1. The van der Waals surface area contributed by atoms with Crippen molar-refractivity contribution in [1.29, 1.82) is 0 Å². The normalized spacial score (nSPS) is 11.0. The minimum atomic E-state index is -0.186. The summed E-state index contributed by atoms with van der Waals surface area (Å²) < 4.78 is 14.0. The Morgan fingerprint density at radius 2 is 1.83 bits per heavy atom. The molecule has 0 fully saturated rings. The van der Waals surface area contributed by atoms with Gasteiger partial charge in [0, 0.05) is 6.07 Å². The van der Waals surface area contributed by atoms with E-state index in [2.05, 4.69) is 27.9 Å². The molecule has 9 heteroatoms. The van der Waals surface area contributed by atoms with Gasteiger partial charge in [-0.3, -0.25) is 9.36 Å². The average Bonchev–Trinajstić information content (AvgIpc) is 3.13. The second kappa shape index (κ2) is 7.59. The van der Waals surface area contributed by atoms with Crippen LogP contribution in [0.15, 0.2) is 52.4 Å². The first-order valence-corrected chi connectivity index (χ1v) is 9.29. The third kappa shape index (κ3) is 3.44. The van der Waals surface area contributed by atoms with E-state index in [4.69, 9.17) is 9.47 Å². The Morgan fingerprint density at radius 1 is 1.10 bits per heavy atom. The average molecular weight is 409 g/mol. The number of ether oxygens (including phenoxy) is 2. The van der Waals surface area contributed by atoms with E-state index in [0.29, 0.717) is 39.8 Å². The minimum absolute atomic E-state index is 0.186. The van der Waals surface area contributed by atoms with Gasteiger partial charge in [0.05, 0.1) is 43.6 Å². The molecule has 8 nitrogen and oxygen atoms in total. The van der Waals surface area contributed by atoms with Gasteiger partial charge in [0.15, 0.2) is 11.5 Å². The monoisotopic (exact) mass is 409 g/mol. The lowest BCUT2D eigenvalue weighted by Crippen LogP contribution is -2.24. The Labute approximate surface area is 172 Å². The highest BCUT2D eigenvalue weighted by Crippen LogP contribution is 2.30. The summed E-state index contributed by atoms with van der Waals surface area (Å²) in [7, 11) is 3.08. The SMILES string of the molecule is COc1cc2nc(C)n(-c3ccccc3Cn3cc(S)nn3)c(=O)c2cc1OC. The van der Waals surface area contributed by atoms with Crippen LogP contribution in [0, 0.1) is 6.92 Å². The van der Waals surface area contributed by atoms with E-state index in [0.717, 1.165) is 11.3 Å². The van der Waals surface area contributed by atoms with Crippen LogP contribution >= 0.6 is 12.6 Å². The van der Waals surface area contributed by atoms with E-state index in [-0.39, 0.29) is 5.56 Å². The number of para-hydroxylation sites is 1. The highest BCUT2D eigenvalue weighted by molar-refractivity contribution is 7.80. The Hall–Kier alpha value is -3.33. The molecule has 0 spiro atoms. The number of aromatic nitrogens is 5. The fourth-order valence-corrected chi connectivity index (χ4v) is 3.48. The summed E-state index contributed by atoms with van der Waals surface area (Å²) in [5.41, 5.74) is 2.00. The first-order chi connectivity index (χ1) is 14.0. The number of thiol groups is 1. The summed E-state index contributed by atoms with van der Waals surface area (Å²) in [4.78, 5) is 18.0. The Balaban J connectivity index is 1.92. The molecular weight excluding hydrogens is 390 g/mol. The number of aryl methyl sites for hydroxylation is 1. The maximum Gasteiger partial charge on any atom is 0.266 e. The summed E-state index contributed by atoms with van der Waals surface area (Å²) in [5, 5.41) is 8.91. The van der Waals surface area contributed by atoms with Crippen LogP contribution in [-0.2, 0) is 6.54 Å². The number of rotatable bonds is 5. The van der Waals surface area contributed by atoms with E-state index in [9.17, 15) is 4.79 Å². The van der Waals surface area contributed by atoms with Gasteiger partial charge in [-0.15, -0.1) is 17.7 Å². The quantitative estimate of drug-likeness (QED) is 0.510. The van der Waals surface area contributed by atoms with Gasteiger partial charge < -0.3 is 9.47 Å². The first kappa shape index (κ1) is 19.0. The zero-order chi connectivity index (χ0) is 20.5. The summed E-state index contributed by atoms with van der Waals surface area (Å²) in [6.45, 7) is 2.25. The van der Waals surface area contributed by atoms with Crippen molar-refractivity contribution in [3.05, 3.63) is 64.3 Å². The number of hydrogen-bond acceptors (Lipinski definition) is 7. The first-order valence-electron chi connectivity index (χ1n) is 8.84. The predicted octanol–water partition coefficient (Wildman–Crippen LogP) is 2.64. The fourth-order valence-electron chi connectivity index (χ4n) is 3.31. The van der Waals surface area contributed by atoms with Crippen LogP contribution in [0.3, 0.4) is 0 Å². The van der Waals surface area contributed by atoms with Crippen LogP contribution in [0.5, 0.6) is 11.5 Å². The molecule has 0 atom stereocenters. The van der Waals surface area contributed by atoms with Crippen LogP contribution in [0.2, 0.25) is 0 Å². The number of benzene rings is 2. The Kier molecular flexibility index (Phi) is 4.98. The van der Waals surface area contributed by atoms with E-state index in [1.807, 2.05) is 24.3 Å². The van der Waals surface area contributed by atoms with Crippen molar-refractivity contribution in [2.75, 3.05) is 14.2 Å². The molecule has 0 unspecified atom stereocenters. The number of hydrogen-bond donors (Lipinski definition) is 1. The molecule has 0 bridgehead atoms. The third-order valence-corrected chi connectivity index (χ3v) is 4.84. The minimum Gasteiger partial charge on any atom is -0.493 e. The van der Waals surface area contributed by atoms with E-state index in [1.165, 1.54) is 7.11 Å². The standard InChI is InChI=1S/C20H19N5O3S/c1-12-21-15-9-18(28-3)17(27-2)8-14(15)20(26)25(12)16-7-5-4-6-13(16)10-24-11-19(29)22-23-24/h4-9,11,29H,10H2,1-3H3. The lowest BCUT2D eigenvalue weighted by molar-refractivity contribution is 0.355. The van der Waals surface area contributed by atoms with Gasteiger partial charge >= 0.3 is 0 Å². The maximum atomic E-state index is 13.4. The van der Waals surface area contributed by atoms with Crippen molar-refractivity contribution in [3.63, 3.8) is 0 Å². The van der Waals surface area contributed by atoms with E-state index >= 15 is 0 Å². The van der Waals surface area contributed by atoms with Gasteiger partial charge in [-0.1, -0.05) is 23.4 Å². The molecule has 0 amide bonds. The number of fused-ring (bicyclic) bond motifs is 1. The molecule has 2 aromatic carbocycles. The molecular formula is C20H19N5O3S. The molecule has 0 saturated heterocycles. The van der Waals surface area contributed by atoms with Gasteiger partial charge in [0.25, 0.3) is 5.56 Å². The van der Waals surface area contributed by atoms with Crippen LogP contribution in [0.25, 0.3) is 16.6 Å². The van der Waals surface area contributed by atoms with Gasteiger partial charge in [-0.25, -0.2) is 9.67 Å². The highest BCUT2D eigenvalue weighted by Gasteiger charge is 2.16. The van der Waals surface area contributed by atoms with Crippen LogP contribution in [0.4, 0.5) is 0 Å². The van der Waals surface area contributed by atoms with Crippen molar-refractivity contribution < 1.29 is 9.47 Å². The third-order valence-electron chi connectivity index (χ3n) is 4.63. The number of nitrogens with zero attached hydrogens (tertiary/aromatic N) is 5. The highest BCUT2D eigenvalue weighted by atomic mass is 32.1.